The summed E-state index contributed by atoms with van der Waals surface area (Å²) in [6, 6.07) is 13.6. The first-order valence-corrected chi connectivity index (χ1v) is 8.26. The largest absolute Gasteiger partial charge is 0.483 e. The van der Waals surface area contributed by atoms with E-state index in [2.05, 4.69) is 5.32 Å². The number of nitrogens with one attached hydrogen (secondary N) is 1. The maximum Gasteiger partial charge on any atom is 0.262 e. The Bertz CT molecular complexity index is 850. The minimum Gasteiger partial charge on any atom is -0.483 e. The molecule has 3 amide bonds. The van der Waals surface area contributed by atoms with Crippen LogP contribution >= 0.6 is 0 Å². The lowest BCUT2D eigenvalue weighted by Crippen LogP contribution is -2.24. The number of nitrogens with two attached hydrogens (primary N) is 1. The number of hydrogen-bond donors (Lipinski definition) is 2. The van der Waals surface area contributed by atoms with Crippen molar-refractivity contribution in [3.8, 4) is 5.75 Å². The quantitative estimate of drug-likeness (QED) is 0.828. The molecule has 7 heteroatoms. The normalized spacial score (nSPS) is 13.5. The maximum atomic E-state index is 12.1. The van der Waals surface area contributed by atoms with E-state index in [0.29, 0.717) is 18.7 Å². The average molecular weight is 353 g/mol. The van der Waals surface area contributed by atoms with Crippen LogP contribution in [0.5, 0.6) is 5.75 Å². The van der Waals surface area contributed by atoms with Crippen molar-refractivity contribution in [3.05, 3.63) is 54.1 Å². The van der Waals surface area contributed by atoms with Gasteiger partial charge in [-0.2, -0.15) is 0 Å². The molecule has 1 heterocycles. The summed E-state index contributed by atoms with van der Waals surface area (Å²) in [4.78, 5) is 37.0. The fraction of sp³-hybridized carbons (Fsp3) is 0.211. The average Bonchev–Trinajstić information content (AvgIpc) is 3.06. The zero-order valence-electron chi connectivity index (χ0n) is 14.1. The lowest BCUT2D eigenvalue weighted by atomic mass is 10.2. The van der Waals surface area contributed by atoms with Crippen LogP contribution in [-0.2, 0) is 9.59 Å². The molecule has 134 valence electrons. The Hall–Kier alpha value is -3.35. The fourth-order valence-electron chi connectivity index (χ4n) is 2.81. The lowest BCUT2D eigenvalue weighted by molar-refractivity contribution is -0.118. The van der Waals surface area contributed by atoms with Gasteiger partial charge in [0.1, 0.15) is 5.75 Å². The maximum absolute atomic E-state index is 12.1. The summed E-state index contributed by atoms with van der Waals surface area (Å²) < 4.78 is 5.40. The van der Waals surface area contributed by atoms with Crippen LogP contribution in [0.3, 0.4) is 0 Å². The zero-order chi connectivity index (χ0) is 18.5. The molecule has 7 nitrogen and oxygen atoms in total. The summed E-state index contributed by atoms with van der Waals surface area (Å²) in [5.41, 5.74) is 6.82. The van der Waals surface area contributed by atoms with E-state index < -0.39 is 5.91 Å². The van der Waals surface area contributed by atoms with Crippen molar-refractivity contribution in [2.75, 3.05) is 23.4 Å². The highest BCUT2D eigenvalue weighted by molar-refractivity contribution is 5.98. The molecular formula is C19H19N3O4. The van der Waals surface area contributed by atoms with Gasteiger partial charge in [0.2, 0.25) is 5.91 Å². The minimum atomic E-state index is -0.621. The van der Waals surface area contributed by atoms with E-state index in [4.69, 9.17) is 10.5 Å². The summed E-state index contributed by atoms with van der Waals surface area (Å²) in [5.74, 6) is -0.662. The number of amides is 3. The highest BCUT2D eigenvalue weighted by atomic mass is 16.5. The minimum absolute atomic E-state index is 0.0832. The number of hydrogen-bond acceptors (Lipinski definition) is 4. The van der Waals surface area contributed by atoms with E-state index >= 15 is 0 Å². The molecular weight excluding hydrogens is 334 g/mol. The lowest BCUT2D eigenvalue weighted by Gasteiger charge is -2.17. The van der Waals surface area contributed by atoms with Gasteiger partial charge in [-0.3, -0.25) is 14.4 Å². The predicted octanol–water partition coefficient (Wildman–Crippen LogP) is 1.93. The molecule has 0 spiro atoms. The molecule has 1 saturated heterocycles. The van der Waals surface area contributed by atoms with Crippen molar-refractivity contribution in [1.82, 2.24) is 0 Å². The van der Waals surface area contributed by atoms with E-state index in [-0.39, 0.29) is 29.7 Å². The molecule has 2 aromatic rings. The first kappa shape index (κ1) is 17.5. The molecule has 0 bridgehead atoms. The van der Waals surface area contributed by atoms with E-state index in [9.17, 15) is 14.4 Å². The second kappa shape index (κ2) is 7.69. The van der Waals surface area contributed by atoms with Gasteiger partial charge < -0.3 is 20.7 Å². The predicted molar refractivity (Wildman–Crippen MR) is 97.1 cm³/mol. The van der Waals surface area contributed by atoms with Crippen LogP contribution < -0.4 is 20.7 Å². The summed E-state index contributed by atoms with van der Waals surface area (Å²) in [6.45, 7) is 0.417. The Balaban J connectivity index is 1.62. The molecule has 0 unspecified atom stereocenters. The number of benzene rings is 2. The number of nitrogens with zero attached hydrogens (tertiary/aromatic N) is 1. The number of ether oxygens (including phenoxy) is 1. The Kier molecular flexibility index (Phi) is 5.17. The molecule has 1 fully saturated rings. The number of primary amides is 1. The van der Waals surface area contributed by atoms with Crippen LogP contribution in [0, 0.1) is 0 Å². The smallest absolute Gasteiger partial charge is 0.262 e. The van der Waals surface area contributed by atoms with Gasteiger partial charge in [-0.15, -0.1) is 0 Å². The van der Waals surface area contributed by atoms with Crippen LogP contribution in [0.15, 0.2) is 48.5 Å². The highest BCUT2D eigenvalue weighted by Gasteiger charge is 2.21. The first-order chi connectivity index (χ1) is 12.5. The second-order valence-corrected chi connectivity index (χ2v) is 5.90. The molecule has 1 aliphatic heterocycles. The molecule has 2 aromatic carbocycles. The Labute approximate surface area is 150 Å². The van der Waals surface area contributed by atoms with Gasteiger partial charge in [0, 0.05) is 24.3 Å². The number of anilines is 2. The third kappa shape index (κ3) is 4.00. The Morgan fingerprint density at radius 3 is 2.69 bits per heavy atom. The van der Waals surface area contributed by atoms with Crippen molar-refractivity contribution in [1.29, 1.82) is 0 Å². The SMILES string of the molecule is NC(=O)c1ccccc1OCC(=O)Nc1cccc(N2CCCC2=O)c1. The van der Waals surface area contributed by atoms with Gasteiger partial charge in [-0.25, -0.2) is 0 Å². The van der Waals surface area contributed by atoms with Crippen LogP contribution in [-0.4, -0.2) is 30.9 Å². The zero-order valence-corrected chi connectivity index (χ0v) is 14.1. The van der Waals surface area contributed by atoms with E-state index in [1.165, 1.54) is 6.07 Å². The van der Waals surface area contributed by atoms with Crippen molar-refractivity contribution in [2.45, 2.75) is 12.8 Å². The molecule has 0 aliphatic carbocycles. The summed E-state index contributed by atoms with van der Waals surface area (Å²) >= 11 is 0. The van der Waals surface area contributed by atoms with Gasteiger partial charge in [-0.05, 0) is 36.8 Å². The van der Waals surface area contributed by atoms with E-state index in [1.807, 2.05) is 6.07 Å². The molecule has 3 rings (SSSR count). The van der Waals surface area contributed by atoms with Crippen LogP contribution in [0.4, 0.5) is 11.4 Å². The molecule has 1 aliphatic rings. The molecule has 26 heavy (non-hydrogen) atoms. The van der Waals surface area contributed by atoms with Crippen molar-refractivity contribution < 1.29 is 19.1 Å². The topological polar surface area (TPSA) is 102 Å². The monoisotopic (exact) mass is 353 g/mol. The van der Waals surface area contributed by atoms with E-state index in [1.54, 1.807) is 41.3 Å². The third-order valence-corrected chi connectivity index (χ3v) is 4.03. The van der Waals surface area contributed by atoms with Gasteiger partial charge >= 0.3 is 0 Å². The summed E-state index contributed by atoms with van der Waals surface area (Å²) in [5, 5.41) is 2.72. The number of carbonyl (C=O) groups excluding carboxylic acids is 3. The molecule has 0 radical (unpaired) electrons. The molecule has 3 N–H and O–H groups in total. The van der Waals surface area contributed by atoms with Crippen LogP contribution in [0.2, 0.25) is 0 Å². The summed E-state index contributed by atoms with van der Waals surface area (Å²) in [6.07, 6.45) is 1.38. The first-order valence-electron chi connectivity index (χ1n) is 8.26. The van der Waals surface area contributed by atoms with Crippen molar-refractivity contribution in [2.24, 2.45) is 5.73 Å². The number of carbonyl (C=O) groups is 3. The molecule has 0 saturated carbocycles. The van der Waals surface area contributed by atoms with E-state index in [0.717, 1.165) is 12.1 Å². The fourth-order valence-corrected chi connectivity index (χ4v) is 2.81. The summed E-state index contributed by atoms with van der Waals surface area (Å²) in [7, 11) is 0. The molecule has 0 aromatic heterocycles. The van der Waals surface area contributed by atoms with Crippen LogP contribution in [0.25, 0.3) is 0 Å². The standard InChI is InChI=1S/C19H19N3O4/c20-19(25)15-7-1-2-8-16(15)26-12-17(23)21-13-5-3-6-14(11-13)22-10-4-9-18(22)24/h1-3,5-8,11H,4,9-10,12H2,(H2,20,25)(H,21,23). The van der Waals surface area contributed by atoms with Gasteiger partial charge in [-0.1, -0.05) is 18.2 Å². The Morgan fingerprint density at radius 2 is 1.96 bits per heavy atom. The third-order valence-electron chi connectivity index (χ3n) is 4.03. The Morgan fingerprint density at radius 1 is 1.15 bits per heavy atom. The highest BCUT2D eigenvalue weighted by Crippen LogP contribution is 2.24. The van der Waals surface area contributed by atoms with Gasteiger partial charge in [0.25, 0.3) is 11.8 Å². The number of rotatable bonds is 6. The second-order valence-electron chi connectivity index (χ2n) is 5.90. The molecule has 0 atom stereocenters. The van der Waals surface area contributed by atoms with Crippen LogP contribution in [0.1, 0.15) is 23.2 Å². The van der Waals surface area contributed by atoms with Gasteiger partial charge in [0.15, 0.2) is 6.61 Å². The van der Waals surface area contributed by atoms with Crippen molar-refractivity contribution >= 4 is 29.1 Å². The van der Waals surface area contributed by atoms with Gasteiger partial charge in [0.05, 0.1) is 5.56 Å². The van der Waals surface area contributed by atoms with Crippen molar-refractivity contribution in [3.63, 3.8) is 0 Å². The number of para-hydroxylation sites is 1.